The number of fused-ring (bicyclic) bond motifs is 1. The van der Waals surface area contributed by atoms with Crippen molar-refractivity contribution in [1.82, 2.24) is 0 Å². The zero-order valence-electron chi connectivity index (χ0n) is 6.77. The number of benzene rings is 1. The van der Waals surface area contributed by atoms with Gasteiger partial charge < -0.3 is 0 Å². The lowest BCUT2D eigenvalue weighted by molar-refractivity contribution is 1.60. The zero-order chi connectivity index (χ0) is 8.23. The Morgan fingerprint density at radius 1 is 0.583 bits per heavy atom. The maximum atomic E-state index is 2.12. The fourth-order valence-electron chi connectivity index (χ4n) is 1.26. The van der Waals surface area contributed by atoms with Crippen molar-refractivity contribution in [2.75, 3.05) is 0 Å². The van der Waals surface area contributed by atoms with E-state index in [0.29, 0.717) is 0 Å². The first-order valence-corrected chi connectivity index (χ1v) is 4.07. The first kappa shape index (κ1) is 7.11. The van der Waals surface area contributed by atoms with E-state index in [0.717, 1.165) is 0 Å². The number of hydrogen-bond acceptors (Lipinski definition) is 0. The van der Waals surface area contributed by atoms with Gasteiger partial charge in [-0.25, -0.2) is 0 Å². The first-order chi connectivity index (χ1) is 5.97. The van der Waals surface area contributed by atoms with Crippen molar-refractivity contribution >= 4 is 12.2 Å². The number of allylic oxidation sites excluding steroid dienone is 4. The van der Waals surface area contributed by atoms with Gasteiger partial charge in [0, 0.05) is 0 Å². The molecule has 0 aliphatic heterocycles. The van der Waals surface area contributed by atoms with Crippen LogP contribution in [0.1, 0.15) is 11.1 Å². The second kappa shape index (κ2) is 3.22. The van der Waals surface area contributed by atoms with Crippen LogP contribution < -0.4 is 0 Å². The molecule has 0 nitrogen and oxygen atoms in total. The minimum atomic E-state index is 1.28. The lowest BCUT2D eigenvalue weighted by atomic mass is 10.1. The van der Waals surface area contributed by atoms with Crippen LogP contribution in [0.4, 0.5) is 0 Å². The summed E-state index contributed by atoms with van der Waals surface area (Å²) in [5.74, 6) is 0. The fraction of sp³-hybridized carbons (Fsp3) is 0. The Morgan fingerprint density at radius 3 is 1.58 bits per heavy atom. The Kier molecular flexibility index (Phi) is 1.91. The van der Waals surface area contributed by atoms with Crippen molar-refractivity contribution in [3.05, 3.63) is 59.7 Å². The maximum Gasteiger partial charge on any atom is -0.0184 e. The summed E-state index contributed by atoms with van der Waals surface area (Å²) in [6.07, 6.45) is 12.4. The molecule has 0 N–H and O–H groups in total. The molecule has 0 heteroatoms. The second-order valence-electron chi connectivity index (χ2n) is 2.73. The van der Waals surface area contributed by atoms with Gasteiger partial charge in [-0.1, -0.05) is 60.7 Å². The molecular formula is C12H10. The molecule has 0 atom stereocenters. The highest BCUT2D eigenvalue weighted by Gasteiger charge is 1.93. The third kappa shape index (κ3) is 1.37. The molecule has 58 valence electrons. The van der Waals surface area contributed by atoms with E-state index in [1.807, 2.05) is 12.2 Å². The standard InChI is InChI=1S/C12H10/c1-2-4-8-12-10-6-5-9-11(12)7-3-1/h1-10H. The summed E-state index contributed by atoms with van der Waals surface area (Å²) in [7, 11) is 0. The van der Waals surface area contributed by atoms with Crippen LogP contribution >= 0.6 is 0 Å². The summed E-state index contributed by atoms with van der Waals surface area (Å²) in [5.41, 5.74) is 2.55. The van der Waals surface area contributed by atoms with Crippen LogP contribution in [0.3, 0.4) is 0 Å². The third-order valence-electron chi connectivity index (χ3n) is 1.88. The van der Waals surface area contributed by atoms with Crippen molar-refractivity contribution in [2.45, 2.75) is 0 Å². The summed E-state index contributed by atoms with van der Waals surface area (Å²) in [5, 5.41) is 0. The highest BCUT2D eigenvalue weighted by molar-refractivity contribution is 5.67. The molecule has 1 aliphatic carbocycles. The molecule has 0 aromatic heterocycles. The molecule has 1 aromatic rings. The SMILES string of the molecule is C1=CC=Cc2ccccc2C=C1. The van der Waals surface area contributed by atoms with Crippen LogP contribution in [0, 0.1) is 0 Å². The van der Waals surface area contributed by atoms with Gasteiger partial charge in [-0.2, -0.15) is 0 Å². The monoisotopic (exact) mass is 154 g/mol. The van der Waals surface area contributed by atoms with E-state index in [4.69, 9.17) is 0 Å². The minimum Gasteiger partial charge on any atom is -0.0622 e. The smallest absolute Gasteiger partial charge is 0.0184 e. The summed E-state index contributed by atoms with van der Waals surface area (Å²) in [4.78, 5) is 0. The Balaban J connectivity index is 2.54. The molecule has 0 bridgehead atoms. The highest BCUT2D eigenvalue weighted by atomic mass is 14.0. The molecule has 0 saturated heterocycles. The lowest BCUT2D eigenvalue weighted by Crippen LogP contribution is -1.79. The topological polar surface area (TPSA) is 0 Å². The Labute approximate surface area is 72.5 Å². The molecule has 0 spiro atoms. The molecule has 0 fully saturated rings. The van der Waals surface area contributed by atoms with Crippen molar-refractivity contribution in [3.63, 3.8) is 0 Å². The molecule has 1 aromatic carbocycles. The van der Waals surface area contributed by atoms with E-state index < -0.39 is 0 Å². The van der Waals surface area contributed by atoms with Crippen LogP contribution in [-0.4, -0.2) is 0 Å². The van der Waals surface area contributed by atoms with Gasteiger partial charge in [-0.05, 0) is 11.1 Å². The highest BCUT2D eigenvalue weighted by Crippen LogP contribution is 2.13. The Bertz CT molecular complexity index is 319. The number of hydrogen-bond donors (Lipinski definition) is 0. The van der Waals surface area contributed by atoms with E-state index in [2.05, 4.69) is 48.6 Å². The van der Waals surface area contributed by atoms with Crippen LogP contribution in [-0.2, 0) is 0 Å². The van der Waals surface area contributed by atoms with Gasteiger partial charge in [0.25, 0.3) is 0 Å². The van der Waals surface area contributed by atoms with Crippen LogP contribution in [0.25, 0.3) is 12.2 Å². The fourth-order valence-corrected chi connectivity index (χ4v) is 1.26. The van der Waals surface area contributed by atoms with Gasteiger partial charge in [0.15, 0.2) is 0 Å². The van der Waals surface area contributed by atoms with Crippen LogP contribution in [0.15, 0.2) is 48.6 Å². The van der Waals surface area contributed by atoms with Crippen molar-refractivity contribution in [3.8, 4) is 0 Å². The molecule has 0 amide bonds. The van der Waals surface area contributed by atoms with Crippen molar-refractivity contribution in [2.24, 2.45) is 0 Å². The molecule has 1 aliphatic rings. The van der Waals surface area contributed by atoms with E-state index in [1.54, 1.807) is 0 Å². The average Bonchev–Trinajstić information content (AvgIpc) is 2.06. The lowest BCUT2D eigenvalue weighted by Gasteiger charge is -2.00. The normalized spacial score (nSPS) is 13.7. The van der Waals surface area contributed by atoms with Crippen LogP contribution in [0.5, 0.6) is 0 Å². The second-order valence-corrected chi connectivity index (χ2v) is 2.73. The van der Waals surface area contributed by atoms with Crippen LogP contribution in [0.2, 0.25) is 0 Å². The van der Waals surface area contributed by atoms with Gasteiger partial charge in [0.2, 0.25) is 0 Å². The molecule has 12 heavy (non-hydrogen) atoms. The van der Waals surface area contributed by atoms with E-state index in [1.165, 1.54) is 11.1 Å². The summed E-state index contributed by atoms with van der Waals surface area (Å²) in [6, 6.07) is 8.36. The van der Waals surface area contributed by atoms with E-state index in [-0.39, 0.29) is 0 Å². The van der Waals surface area contributed by atoms with E-state index >= 15 is 0 Å². The minimum absolute atomic E-state index is 1.28. The van der Waals surface area contributed by atoms with Crippen molar-refractivity contribution in [1.29, 1.82) is 0 Å². The molecule has 0 heterocycles. The molecule has 0 radical (unpaired) electrons. The summed E-state index contributed by atoms with van der Waals surface area (Å²) < 4.78 is 0. The molecular weight excluding hydrogens is 144 g/mol. The summed E-state index contributed by atoms with van der Waals surface area (Å²) >= 11 is 0. The quantitative estimate of drug-likeness (QED) is 0.538. The molecule has 2 rings (SSSR count). The van der Waals surface area contributed by atoms with Crippen molar-refractivity contribution < 1.29 is 0 Å². The first-order valence-electron chi connectivity index (χ1n) is 4.07. The van der Waals surface area contributed by atoms with Gasteiger partial charge in [0.1, 0.15) is 0 Å². The van der Waals surface area contributed by atoms with Gasteiger partial charge in [-0.3, -0.25) is 0 Å². The summed E-state index contributed by atoms with van der Waals surface area (Å²) in [6.45, 7) is 0. The average molecular weight is 154 g/mol. The third-order valence-corrected chi connectivity index (χ3v) is 1.88. The Hall–Kier alpha value is -1.56. The number of rotatable bonds is 0. The Morgan fingerprint density at radius 2 is 1.08 bits per heavy atom. The van der Waals surface area contributed by atoms with E-state index in [9.17, 15) is 0 Å². The van der Waals surface area contributed by atoms with Gasteiger partial charge >= 0.3 is 0 Å². The predicted octanol–water partition coefficient (Wildman–Crippen LogP) is 3.28. The van der Waals surface area contributed by atoms with Gasteiger partial charge in [-0.15, -0.1) is 0 Å². The zero-order valence-corrected chi connectivity index (χ0v) is 6.77. The molecule has 0 saturated carbocycles. The molecule has 0 unspecified atom stereocenters. The predicted molar refractivity (Wildman–Crippen MR) is 53.7 cm³/mol. The largest absolute Gasteiger partial charge is 0.0622 e. The maximum absolute atomic E-state index is 2.12. The van der Waals surface area contributed by atoms with Gasteiger partial charge in [0.05, 0.1) is 0 Å².